The standard InChI is InChI=1S/C12H16N2O2/c1-4-15-11-3-2-9(6-12(11)16-5-1)14-10-7-13-8-10/h2-3,6,10,13-14H,1,4-5,7-8H2. The third-order valence-electron chi connectivity index (χ3n) is 2.90. The number of benzene rings is 1. The Labute approximate surface area is 94.9 Å². The lowest BCUT2D eigenvalue weighted by Crippen LogP contribution is -2.51. The zero-order valence-electron chi connectivity index (χ0n) is 9.16. The van der Waals surface area contributed by atoms with Gasteiger partial charge in [-0.3, -0.25) is 0 Å². The topological polar surface area (TPSA) is 42.5 Å². The lowest BCUT2D eigenvalue weighted by molar-refractivity contribution is 0.297. The number of ether oxygens (including phenoxy) is 2. The molecule has 0 unspecified atom stereocenters. The molecule has 3 rings (SSSR count). The summed E-state index contributed by atoms with van der Waals surface area (Å²) in [5.41, 5.74) is 1.11. The summed E-state index contributed by atoms with van der Waals surface area (Å²) in [7, 11) is 0. The van der Waals surface area contributed by atoms with Gasteiger partial charge in [0.1, 0.15) is 0 Å². The summed E-state index contributed by atoms with van der Waals surface area (Å²) in [4.78, 5) is 0. The van der Waals surface area contributed by atoms with Gasteiger partial charge in [0.05, 0.1) is 19.3 Å². The van der Waals surface area contributed by atoms with Crippen molar-refractivity contribution in [2.75, 3.05) is 31.6 Å². The third kappa shape index (κ3) is 1.93. The van der Waals surface area contributed by atoms with Crippen LogP contribution in [0.4, 0.5) is 5.69 Å². The maximum atomic E-state index is 5.64. The second kappa shape index (κ2) is 4.22. The van der Waals surface area contributed by atoms with Crippen LogP contribution in [0.1, 0.15) is 6.42 Å². The van der Waals surface area contributed by atoms with Gasteiger partial charge in [0, 0.05) is 31.3 Å². The maximum Gasteiger partial charge on any atom is 0.163 e. The van der Waals surface area contributed by atoms with E-state index in [1.54, 1.807) is 0 Å². The molecule has 2 N–H and O–H groups in total. The molecular formula is C12H16N2O2. The molecule has 2 heterocycles. The predicted octanol–water partition coefficient (Wildman–Crippen LogP) is 1.23. The molecule has 0 spiro atoms. The van der Waals surface area contributed by atoms with Gasteiger partial charge in [-0.1, -0.05) is 0 Å². The van der Waals surface area contributed by atoms with Gasteiger partial charge >= 0.3 is 0 Å². The molecule has 0 aliphatic carbocycles. The van der Waals surface area contributed by atoms with E-state index < -0.39 is 0 Å². The minimum absolute atomic E-state index is 0.546. The minimum Gasteiger partial charge on any atom is -0.490 e. The molecule has 16 heavy (non-hydrogen) atoms. The van der Waals surface area contributed by atoms with E-state index in [0.29, 0.717) is 6.04 Å². The molecule has 1 fully saturated rings. The summed E-state index contributed by atoms with van der Waals surface area (Å²) in [6, 6.07) is 6.60. The smallest absolute Gasteiger partial charge is 0.163 e. The highest BCUT2D eigenvalue weighted by Crippen LogP contribution is 2.32. The summed E-state index contributed by atoms with van der Waals surface area (Å²) in [6.07, 6.45) is 0.948. The van der Waals surface area contributed by atoms with Crippen molar-refractivity contribution in [3.8, 4) is 11.5 Å². The zero-order valence-corrected chi connectivity index (χ0v) is 9.16. The second-order valence-corrected chi connectivity index (χ2v) is 4.21. The van der Waals surface area contributed by atoms with Crippen molar-refractivity contribution < 1.29 is 9.47 Å². The second-order valence-electron chi connectivity index (χ2n) is 4.21. The Hall–Kier alpha value is -1.42. The molecule has 86 valence electrons. The molecule has 0 bridgehead atoms. The van der Waals surface area contributed by atoms with Gasteiger partial charge in [0.2, 0.25) is 0 Å². The number of anilines is 1. The highest BCUT2D eigenvalue weighted by atomic mass is 16.5. The highest BCUT2D eigenvalue weighted by molar-refractivity contribution is 5.55. The monoisotopic (exact) mass is 220 g/mol. The number of fused-ring (bicyclic) bond motifs is 1. The third-order valence-corrected chi connectivity index (χ3v) is 2.90. The Kier molecular flexibility index (Phi) is 2.58. The Morgan fingerprint density at radius 3 is 2.69 bits per heavy atom. The Balaban J connectivity index is 1.77. The van der Waals surface area contributed by atoms with Crippen molar-refractivity contribution in [3.63, 3.8) is 0 Å². The van der Waals surface area contributed by atoms with E-state index >= 15 is 0 Å². The molecule has 0 radical (unpaired) electrons. The van der Waals surface area contributed by atoms with Crippen LogP contribution in [0.15, 0.2) is 18.2 Å². The molecule has 0 amide bonds. The SMILES string of the molecule is c1cc2c(cc1NC1CNC1)OCCCO2. The fourth-order valence-electron chi connectivity index (χ4n) is 1.88. The maximum absolute atomic E-state index is 5.64. The molecule has 4 nitrogen and oxygen atoms in total. The van der Waals surface area contributed by atoms with Crippen molar-refractivity contribution in [2.45, 2.75) is 12.5 Å². The average molecular weight is 220 g/mol. The van der Waals surface area contributed by atoms with Gasteiger partial charge in [-0.25, -0.2) is 0 Å². The summed E-state index contributed by atoms with van der Waals surface area (Å²) in [6.45, 7) is 3.55. The molecule has 0 aromatic heterocycles. The number of nitrogens with one attached hydrogen (secondary N) is 2. The van der Waals surface area contributed by atoms with Crippen LogP contribution in [0.2, 0.25) is 0 Å². The van der Waals surface area contributed by atoms with Gasteiger partial charge in [-0.15, -0.1) is 0 Å². The van der Waals surface area contributed by atoms with E-state index in [4.69, 9.17) is 9.47 Å². The van der Waals surface area contributed by atoms with E-state index in [-0.39, 0.29) is 0 Å². The lowest BCUT2D eigenvalue weighted by Gasteiger charge is -2.29. The first-order valence-corrected chi connectivity index (χ1v) is 5.79. The average Bonchev–Trinajstić information content (AvgIpc) is 2.48. The first-order chi connectivity index (χ1) is 7.92. The molecule has 2 aliphatic heterocycles. The van der Waals surface area contributed by atoms with Crippen LogP contribution in [0, 0.1) is 0 Å². The molecule has 0 atom stereocenters. The van der Waals surface area contributed by atoms with Gasteiger partial charge in [0.25, 0.3) is 0 Å². The van der Waals surface area contributed by atoms with Crippen LogP contribution in [-0.2, 0) is 0 Å². The van der Waals surface area contributed by atoms with E-state index in [1.807, 2.05) is 18.2 Å². The predicted molar refractivity (Wildman–Crippen MR) is 62.3 cm³/mol. The van der Waals surface area contributed by atoms with Crippen molar-refractivity contribution in [2.24, 2.45) is 0 Å². The molecule has 4 heteroatoms. The lowest BCUT2D eigenvalue weighted by atomic mass is 10.1. The van der Waals surface area contributed by atoms with Crippen LogP contribution >= 0.6 is 0 Å². The van der Waals surface area contributed by atoms with Crippen molar-refractivity contribution in [3.05, 3.63) is 18.2 Å². The Morgan fingerprint density at radius 1 is 1.12 bits per heavy atom. The van der Waals surface area contributed by atoms with Crippen LogP contribution in [0.25, 0.3) is 0 Å². The normalized spacial score (nSPS) is 19.8. The Morgan fingerprint density at radius 2 is 1.94 bits per heavy atom. The molecule has 0 saturated carbocycles. The highest BCUT2D eigenvalue weighted by Gasteiger charge is 2.17. The van der Waals surface area contributed by atoms with Crippen molar-refractivity contribution in [1.29, 1.82) is 0 Å². The fourth-order valence-corrected chi connectivity index (χ4v) is 1.88. The van der Waals surface area contributed by atoms with E-state index in [1.165, 1.54) is 0 Å². The summed E-state index contributed by atoms with van der Waals surface area (Å²) in [5.74, 6) is 1.71. The molecule has 1 aromatic rings. The van der Waals surface area contributed by atoms with E-state index in [9.17, 15) is 0 Å². The fraction of sp³-hybridized carbons (Fsp3) is 0.500. The molecule has 1 aromatic carbocycles. The van der Waals surface area contributed by atoms with Gasteiger partial charge in [-0.2, -0.15) is 0 Å². The molecule has 2 aliphatic rings. The van der Waals surface area contributed by atoms with Crippen LogP contribution in [0.3, 0.4) is 0 Å². The summed E-state index contributed by atoms with van der Waals surface area (Å²) in [5, 5.41) is 6.69. The van der Waals surface area contributed by atoms with E-state index in [2.05, 4.69) is 10.6 Å². The summed E-state index contributed by atoms with van der Waals surface area (Å²) < 4.78 is 11.2. The summed E-state index contributed by atoms with van der Waals surface area (Å²) >= 11 is 0. The number of hydrogen-bond donors (Lipinski definition) is 2. The minimum atomic E-state index is 0.546. The zero-order chi connectivity index (χ0) is 10.8. The van der Waals surface area contributed by atoms with Gasteiger partial charge < -0.3 is 20.1 Å². The van der Waals surface area contributed by atoms with Crippen molar-refractivity contribution >= 4 is 5.69 Å². The van der Waals surface area contributed by atoms with Crippen LogP contribution in [-0.4, -0.2) is 32.3 Å². The largest absolute Gasteiger partial charge is 0.490 e. The number of hydrogen-bond acceptors (Lipinski definition) is 4. The number of rotatable bonds is 2. The first-order valence-electron chi connectivity index (χ1n) is 5.79. The van der Waals surface area contributed by atoms with Crippen LogP contribution in [0.5, 0.6) is 11.5 Å². The molecule has 1 saturated heterocycles. The van der Waals surface area contributed by atoms with Crippen molar-refractivity contribution in [1.82, 2.24) is 5.32 Å². The van der Waals surface area contributed by atoms with Gasteiger partial charge in [-0.05, 0) is 12.1 Å². The molecular weight excluding hydrogens is 204 g/mol. The Bertz CT molecular complexity index is 377. The van der Waals surface area contributed by atoms with Gasteiger partial charge in [0.15, 0.2) is 11.5 Å². The van der Waals surface area contributed by atoms with E-state index in [0.717, 1.165) is 49.9 Å². The van der Waals surface area contributed by atoms with Crippen LogP contribution < -0.4 is 20.1 Å². The first kappa shape index (κ1) is 9.78. The quantitative estimate of drug-likeness (QED) is 0.786.